The highest BCUT2D eigenvalue weighted by Gasteiger charge is 2.30. The molecule has 0 nitrogen and oxygen atoms in total. The van der Waals surface area contributed by atoms with Gasteiger partial charge in [-0.15, -0.1) is 11.8 Å². The van der Waals surface area contributed by atoms with Crippen molar-refractivity contribution in [3.63, 3.8) is 0 Å². The number of hydrogen-bond donors (Lipinski definition) is 0. The van der Waals surface area contributed by atoms with Crippen LogP contribution in [0.15, 0.2) is 29.2 Å². The van der Waals surface area contributed by atoms with Crippen molar-refractivity contribution in [1.82, 2.24) is 0 Å². The summed E-state index contributed by atoms with van der Waals surface area (Å²) in [5, 5.41) is 0. The average molecular weight is 402 g/mol. The SMILES string of the molecule is IC1(I)CCSc2ccccc21. The smallest absolute Gasteiger partial charge is 0.100 e. The Bertz CT molecular complexity index is 296. The molecule has 0 bridgehead atoms. The first-order valence-corrected chi connectivity index (χ1v) is 6.94. The minimum atomic E-state index is 0.331. The maximum atomic E-state index is 2.56. The molecule has 3 heteroatoms. The highest BCUT2D eigenvalue weighted by atomic mass is 127. The van der Waals surface area contributed by atoms with Crippen LogP contribution in [0.25, 0.3) is 0 Å². The number of rotatable bonds is 0. The van der Waals surface area contributed by atoms with Crippen molar-refractivity contribution in [2.75, 3.05) is 5.75 Å². The van der Waals surface area contributed by atoms with Gasteiger partial charge >= 0.3 is 0 Å². The van der Waals surface area contributed by atoms with Crippen molar-refractivity contribution in [3.05, 3.63) is 29.8 Å². The molecule has 0 unspecified atom stereocenters. The summed E-state index contributed by atoms with van der Waals surface area (Å²) in [6, 6.07) is 8.74. The van der Waals surface area contributed by atoms with Crippen molar-refractivity contribution in [2.45, 2.75) is 12.7 Å². The third-order valence-corrected chi connectivity index (χ3v) is 5.27. The summed E-state index contributed by atoms with van der Waals surface area (Å²) in [6.07, 6.45) is 1.27. The highest BCUT2D eigenvalue weighted by Crippen LogP contribution is 2.50. The number of halogens is 2. The van der Waals surface area contributed by atoms with Gasteiger partial charge in [-0.05, 0) is 18.1 Å². The van der Waals surface area contributed by atoms with Crippen LogP contribution in [0.5, 0.6) is 0 Å². The van der Waals surface area contributed by atoms with Gasteiger partial charge < -0.3 is 0 Å². The first-order valence-electron chi connectivity index (χ1n) is 3.80. The van der Waals surface area contributed by atoms with E-state index < -0.39 is 0 Å². The molecule has 0 N–H and O–H groups in total. The molecule has 1 heterocycles. The Hall–Kier alpha value is 1.03. The van der Waals surface area contributed by atoms with E-state index in [0.717, 1.165) is 0 Å². The molecule has 1 aliphatic rings. The van der Waals surface area contributed by atoms with Crippen molar-refractivity contribution in [1.29, 1.82) is 0 Å². The molecule has 0 amide bonds. The minimum absolute atomic E-state index is 0.331. The number of hydrogen-bond acceptors (Lipinski definition) is 1. The molecule has 2 rings (SSSR count). The fourth-order valence-corrected chi connectivity index (χ4v) is 5.10. The van der Waals surface area contributed by atoms with E-state index in [2.05, 4.69) is 69.4 Å². The Morgan fingerprint density at radius 2 is 2.00 bits per heavy atom. The lowest BCUT2D eigenvalue weighted by atomic mass is 10.1. The molecule has 0 saturated heterocycles. The molecule has 1 aliphatic heterocycles. The van der Waals surface area contributed by atoms with Gasteiger partial charge in [0.15, 0.2) is 0 Å². The van der Waals surface area contributed by atoms with Gasteiger partial charge in [0.2, 0.25) is 0 Å². The predicted octanol–water partition coefficient (Wildman–Crippen LogP) is 4.21. The van der Waals surface area contributed by atoms with Gasteiger partial charge in [0.25, 0.3) is 0 Å². The van der Waals surface area contributed by atoms with E-state index >= 15 is 0 Å². The Morgan fingerprint density at radius 3 is 2.75 bits per heavy atom. The van der Waals surface area contributed by atoms with E-state index in [1.165, 1.54) is 22.6 Å². The second-order valence-corrected chi connectivity index (χ2v) is 9.68. The van der Waals surface area contributed by atoms with Crippen LogP contribution in [0.3, 0.4) is 0 Å². The molecule has 64 valence electrons. The standard InChI is InChI=1S/C9H8I2S/c10-9(11)5-6-12-8-4-2-1-3-7(8)9/h1-4H,5-6H2. The zero-order valence-corrected chi connectivity index (χ0v) is 11.5. The number of fused-ring (bicyclic) bond motifs is 1. The molecular weight excluding hydrogens is 394 g/mol. The topological polar surface area (TPSA) is 0 Å². The highest BCUT2D eigenvalue weighted by molar-refractivity contribution is 14.2. The van der Waals surface area contributed by atoms with Crippen LogP contribution in [0, 0.1) is 0 Å². The fourth-order valence-electron chi connectivity index (χ4n) is 1.32. The first-order chi connectivity index (χ1) is 5.70. The van der Waals surface area contributed by atoms with E-state index in [1.54, 1.807) is 0 Å². The van der Waals surface area contributed by atoms with E-state index in [4.69, 9.17) is 0 Å². The van der Waals surface area contributed by atoms with Crippen molar-refractivity contribution in [2.24, 2.45) is 0 Å². The molecule has 0 aliphatic carbocycles. The number of benzene rings is 1. The molecular formula is C9H8I2S. The Balaban J connectivity index is 2.52. The van der Waals surface area contributed by atoms with Gasteiger partial charge in [-0.3, -0.25) is 0 Å². The van der Waals surface area contributed by atoms with Gasteiger partial charge in [-0.25, -0.2) is 0 Å². The van der Waals surface area contributed by atoms with Gasteiger partial charge in [0, 0.05) is 10.6 Å². The summed E-state index contributed by atoms with van der Waals surface area (Å²) < 4.78 is 0.331. The van der Waals surface area contributed by atoms with Gasteiger partial charge in [-0.1, -0.05) is 63.4 Å². The Morgan fingerprint density at radius 1 is 1.25 bits per heavy atom. The average Bonchev–Trinajstić information content (AvgIpc) is 2.04. The summed E-state index contributed by atoms with van der Waals surface area (Å²) in [5.74, 6) is 1.25. The lowest BCUT2D eigenvalue weighted by Crippen LogP contribution is -2.15. The third kappa shape index (κ3) is 1.77. The van der Waals surface area contributed by atoms with Crippen LogP contribution >= 0.6 is 56.9 Å². The van der Waals surface area contributed by atoms with E-state index in [-0.39, 0.29) is 0 Å². The molecule has 1 aromatic carbocycles. The lowest BCUT2D eigenvalue weighted by molar-refractivity contribution is 0.869. The summed E-state index contributed by atoms with van der Waals surface area (Å²) in [6.45, 7) is 0. The second kappa shape index (κ2) is 3.65. The molecule has 0 saturated carbocycles. The van der Waals surface area contributed by atoms with Gasteiger partial charge in [-0.2, -0.15) is 0 Å². The normalized spacial score (nSPS) is 20.2. The summed E-state index contributed by atoms with van der Waals surface area (Å²) in [4.78, 5) is 1.47. The van der Waals surface area contributed by atoms with Crippen molar-refractivity contribution >= 4 is 56.9 Å². The van der Waals surface area contributed by atoms with E-state index in [1.807, 2.05) is 11.8 Å². The van der Waals surface area contributed by atoms with Gasteiger partial charge in [0.1, 0.15) is 1.43 Å². The molecule has 0 fully saturated rings. The number of thioether (sulfide) groups is 1. The number of alkyl halides is 2. The summed E-state index contributed by atoms with van der Waals surface area (Å²) >= 11 is 7.09. The van der Waals surface area contributed by atoms with Crippen molar-refractivity contribution in [3.8, 4) is 0 Å². The molecule has 12 heavy (non-hydrogen) atoms. The van der Waals surface area contributed by atoms with Crippen molar-refractivity contribution < 1.29 is 0 Å². The van der Waals surface area contributed by atoms with Gasteiger partial charge in [0.05, 0.1) is 0 Å². The van der Waals surface area contributed by atoms with Crippen LogP contribution in [0.4, 0.5) is 0 Å². The molecule has 0 radical (unpaired) electrons. The molecule has 1 aromatic rings. The van der Waals surface area contributed by atoms with E-state index in [9.17, 15) is 0 Å². The third-order valence-electron chi connectivity index (χ3n) is 1.95. The predicted molar refractivity (Wildman–Crippen MR) is 71.5 cm³/mol. The lowest BCUT2D eigenvalue weighted by Gasteiger charge is -2.28. The Kier molecular flexibility index (Phi) is 2.91. The van der Waals surface area contributed by atoms with E-state index in [0.29, 0.717) is 1.43 Å². The first kappa shape index (κ1) is 9.58. The van der Waals surface area contributed by atoms with Crippen LogP contribution in [0.1, 0.15) is 12.0 Å². The maximum Gasteiger partial charge on any atom is 0.100 e. The van der Waals surface area contributed by atoms with Crippen LogP contribution in [-0.4, -0.2) is 5.75 Å². The van der Waals surface area contributed by atoms with Crippen LogP contribution < -0.4 is 0 Å². The molecule has 0 aromatic heterocycles. The monoisotopic (exact) mass is 402 g/mol. The summed E-state index contributed by atoms with van der Waals surface area (Å²) in [7, 11) is 0. The van der Waals surface area contributed by atoms with Crippen LogP contribution in [-0.2, 0) is 1.43 Å². The summed E-state index contributed by atoms with van der Waals surface area (Å²) in [5.41, 5.74) is 1.50. The second-order valence-electron chi connectivity index (χ2n) is 2.80. The molecule has 0 atom stereocenters. The minimum Gasteiger partial charge on any atom is -0.126 e. The fraction of sp³-hybridized carbons (Fsp3) is 0.333. The zero-order chi connectivity index (χ0) is 8.60. The largest absolute Gasteiger partial charge is 0.126 e. The quantitative estimate of drug-likeness (QED) is 0.463. The molecule has 0 spiro atoms. The Labute approximate surface area is 104 Å². The maximum absolute atomic E-state index is 2.56. The van der Waals surface area contributed by atoms with Crippen LogP contribution in [0.2, 0.25) is 0 Å². The zero-order valence-electron chi connectivity index (χ0n) is 6.39.